The van der Waals surface area contributed by atoms with Crippen LogP contribution in [0.5, 0.6) is 5.75 Å². The van der Waals surface area contributed by atoms with Crippen LogP contribution in [0.15, 0.2) is 42.5 Å². The van der Waals surface area contributed by atoms with Crippen molar-refractivity contribution in [2.75, 3.05) is 0 Å². The number of benzene rings is 2. The van der Waals surface area contributed by atoms with Crippen LogP contribution < -0.4 is 10.2 Å². The molecule has 0 unspecified atom stereocenters. The Bertz CT molecular complexity index is 616. The van der Waals surface area contributed by atoms with Gasteiger partial charge in [0.2, 0.25) is 0 Å². The quantitative estimate of drug-likeness (QED) is 0.610. The zero-order valence-electron chi connectivity index (χ0n) is 10.1. The number of hydrogen-bond acceptors (Lipinski definition) is 1. The molecule has 0 saturated heterocycles. The van der Waals surface area contributed by atoms with Gasteiger partial charge in [-0.05, 0) is 24.3 Å². The Morgan fingerprint density at radius 3 is 2.45 bits per heavy atom. The van der Waals surface area contributed by atoms with Gasteiger partial charge in [0.05, 0.1) is 5.75 Å². The van der Waals surface area contributed by atoms with E-state index >= 15 is 0 Å². The maximum atomic E-state index is 13.1. The molecule has 0 heterocycles. The van der Waals surface area contributed by atoms with Gasteiger partial charge in [-0.25, -0.2) is 4.39 Å². The first-order valence-electron chi connectivity index (χ1n) is 5.73. The highest BCUT2D eigenvalue weighted by Crippen LogP contribution is 2.21. The molecular weight excluding hydrogens is 294 g/mol. The summed E-state index contributed by atoms with van der Waals surface area (Å²) in [6.07, 6.45) is 0. The van der Waals surface area contributed by atoms with Crippen molar-refractivity contribution in [3.63, 3.8) is 0 Å². The number of hydrogen-bond donors (Lipinski definition) is 0. The Labute approximate surface area is 118 Å². The molecule has 0 N–H and O–H groups in total. The van der Waals surface area contributed by atoms with Crippen molar-refractivity contribution in [3.8, 4) is 5.75 Å². The van der Waals surface area contributed by atoms with Gasteiger partial charge in [0.1, 0.15) is 12.4 Å². The summed E-state index contributed by atoms with van der Waals surface area (Å²) < 4.78 is 56.6. The first-order valence-corrected chi connectivity index (χ1v) is 6.11. The Kier molecular flexibility index (Phi) is 4.23. The molecule has 2 aromatic carbocycles. The van der Waals surface area contributed by atoms with E-state index in [1.54, 1.807) is 0 Å². The smallest absolute Gasteiger partial charge is 0.492 e. The standard InChI is InChI=1S/C13H9BClF4O/c15-12-6-5-10(16)7-9(12)8-20-13-4-2-1-3-11(13)14(17,18)19/h1-7H,8H2/q-1. The van der Waals surface area contributed by atoms with Crippen LogP contribution in [-0.4, -0.2) is 6.98 Å². The van der Waals surface area contributed by atoms with Crippen molar-refractivity contribution in [2.45, 2.75) is 6.61 Å². The van der Waals surface area contributed by atoms with E-state index in [0.29, 0.717) is 0 Å². The molecule has 20 heavy (non-hydrogen) atoms. The lowest BCUT2D eigenvalue weighted by Gasteiger charge is -2.19. The summed E-state index contributed by atoms with van der Waals surface area (Å²) in [5.74, 6) is -0.818. The highest BCUT2D eigenvalue weighted by molar-refractivity contribution is 6.74. The molecule has 2 rings (SSSR count). The molecule has 0 aliphatic rings. The van der Waals surface area contributed by atoms with Crippen molar-refractivity contribution in [2.24, 2.45) is 0 Å². The number of halogens is 5. The summed E-state index contributed by atoms with van der Waals surface area (Å²) in [7, 11) is 0. The topological polar surface area (TPSA) is 9.23 Å². The summed E-state index contributed by atoms with van der Waals surface area (Å²) in [4.78, 5) is 0. The van der Waals surface area contributed by atoms with Gasteiger partial charge in [0.25, 0.3) is 0 Å². The fourth-order valence-electron chi connectivity index (χ4n) is 1.69. The molecule has 0 radical (unpaired) electrons. The average molecular weight is 303 g/mol. The van der Waals surface area contributed by atoms with E-state index < -0.39 is 18.3 Å². The Morgan fingerprint density at radius 2 is 1.75 bits per heavy atom. The second-order valence-corrected chi connectivity index (χ2v) is 4.54. The third kappa shape index (κ3) is 3.45. The summed E-state index contributed by atoms with van der Waals surface area (Å²) in [5.41, 5.74) is -0.531. The maximum absolute atomic E-state index is 13.1. The van der Waals surface area contributed by atoms with Crippen molar-refractivity contribution in [1.82, 2.24) is 0 Å². The van der Waals surface area contributed by atoms with Crippen LogP contribution in [0.3, 0.4) is 0 Å². The van der Waals surface area contributed by atoms with Crippen LogP contribution in [0.1, 0.15) is 5.56 Å². The zero-order chi connectivity index (χ0) is 14.8. The molecule has 2 aromatic rings. The van der Waals surface area contributed by atoms with Crippen LogP contribution in [0.2, 0.25) is 5.02 Å². The third-order valence-corrected chi connectivity index (χ3v) is 3.03. The lowest BCUT2D eigenvalue weighted by molar-refractivity contribution is 0.306. The van der Waals surface area contributed by atoms with Crippen LogP contribution in [-0.2, 0) is 6.61 Å². The van der Waals surface area contributed by atoms with Gasteiger partial charge in [-0.1, -0.05) is 35.3 Å². The summed E-state index contributed by atoms with van der Waals surface area (Å²) in [5, 5.41) is 0.237. The van der Waals surface area contributed by atoms with Gasteiger partial charge in [0, 0.05) is 10.6 Å². The maximum Gasteiger partial charge on any atom is 0.513 e. The van der Waals surface area contributed by atoms with E-state index in [-0.39, 0.29) is 22.9 Å². The lowest BCUT2D eigenvalue weighted by Crippen LogP contribution is -2.35. The van der Waals surface area contributed by atoms with Crippen molar-refractivity contribution >= 4 is 24.0 Å². The molecule has 0 bridgehead atoms. The normalized spacial score (nSPS) is 11.4. The molecule has 0 aliphatic heterocycles. The second-order valence-electron chi connectivity index (χ2n) is 4.14. The molecular formula is C13H9BClF4O-. The molecule has 0 aromatic heterocycles. The van der Waals surface area contributed by atoms with Gasteiger partial charge in [0.15, 0.2) is 0 Å². The Morgan fingerprint density at radius 1 is 1.05 bits per heavy atom. The zero-order valence-corrected chi connectivity index (χ0v) is 10.9. The van der Waals surface area contributed by atoms with Crippen molar-refractivity contribution in [3.05, 3.63) is 58.9 Å². The van der Waals surface area contributed by atoms with Gasteiger partial charge < -0.3 is 17.7 Å². The number of para-hydroxylation sites is 1. The monoisotopic (exact) mass is 303 g/mol. The third-order valence-electron chi connectivity index (χ3n) is 2.66. The molecule has 106 valence electrons. The largest absolute Gasteiger partial charge is 0.513 e. The SMILES string of the molecule is Fc1ccc(Cl)c(COc2ccccc2[B-](F)(F)F)c1. The number of rotatable bonds is 4. The lowest BCUT2D eigenvalue weighted by atomic mass is 9.79. The predicted molar refractivity (Wildman–Crippen MR) is 70.9 cm³/mol. The molecule has 0 amide bonds. The first kappa shape index (κ1) is 14.7. The van der Waals surface area contributed by atoms with E-state index in [2.05, 4.69) is 0 Å². The van der Waals surface area contributed by atoms with E-state index in [1.807, 2.05) is 0 Å². The van der Waals surface area contributed by atoms with Crippen molar-refractivity contribution < 1.29 is 22.1 Å². The number of ether oxygens (including phenoxy) is 1. The summed E-state index contributed by atoms with van der Waals surface area (Å²) in [6.45, 7) is -5.41. The second kappa shape index (κ2) is 5.75. The summed E-state index contributed by atoms with van der Waals surface area (Å²) in [6, 6.07) is 8.51. The highest BCUT2D eigenvalue weighted by atomic mass is 35.5. The fraction of sp³-hybridized carbons (Fsp3) is 0.0769. The van der Waals surface area contributed by atoms with E-state index in [0.717, 1.165) is 12.1 Å². The Hall–Kier alpha value is -1.69. The fourth-order valence-corrected chi connectivity index (χ4v) is 1.86. The van der Waals surface area contributed by atoms with Crippen LogP contribution >= 0.6 is 11.6 Å². The predicted octanol–water partition coefficient (Wildman–Crippen LogP) is 4.11. The molecule has 1 nitrogen and oxygen atoms in total. The molecule has 0 spiro atoms. The van der Waals surface area contributed by atoms with E-state index in [9.17, 15) is 17.3 Å². The van der Waals surface area contributed by atoms with Crippen LogP contribution in [0.25, 0.3) is 0 Å². The van der Waals surface area contributed by atoms with Gasteiger partial charge in [-0.2, -0.15) is 0 Å². The molecule has 0 fully saturated rings. The Balaban J connectivity index is 2.21. The van der Waals surface area contributed by atoms with E-state index in [4.69, 9.17) is 16.3 Å². The van der Waals surface area contributed by atoms with Crippen LogP contribution in [0, 0.1) is 5.82 Å². The van der Waals surface area contributed by atoms with Gasteiger partial charge in [-0.15, -0.1) is 0 Å². The highest BCUT2D eigenvalue weighted by Gasteiger charge is 2.28. The average Bonchev–Trinajstić information content (AvgIpc) is 2.39. The van der Waals surface area contributed by atoms with Crippen LogP contribution in [0.4, 0.5) is 17.3 Å². The molecule has 0 atom stereocenters. The molecule has 0 saturated carbocycles. The van der Waals surface area contributed by atoms with Gasteiger partial charge in [-0.3, -0.25) is 0 Å². The van der Waals surface area contributed by atoms with E-state index in [1.165, 1.54) is 30.3 Å². The minimum Gasteiger partial charge on any atom is -0.492 e. The van der Waals surface area contributed by atoms with Gasteiger partial charge >= 0.3 is 6.98 Å². The molecule has 7 heteroatoms. The minimum absolute atomic E-state index is 0.236. The van der Waals surface area contributed by atoms with Crippen molar-refractivity contribution in [1.29, 1.82) is 0 Å². The first-order chi connectivity index (χ1) is 9.38. The summed E-state index contributed by atoms with van der Waals surface area (Å²) >= 11 is 5.83. The molecule has 0 aliphatic carbocycles. The minimum atomic E-state index is -5.17.